The molecule has 2 aliphatic rings. The molecule has 2 saturated carbocycles. The number of rotatable bonds is 6. The van der Waals surface area contributed by atoms with Crippen LogP contribution in [-0.2, 0) is 0 Å². The summed E-state index contributed by atoms with van der Waals surface area (Å²) in [7, 11) is 2.26. The third-order valence-corrected chi connectivity index (χ3v) is 4.19. The van der Waals surface area contributed by atoms with Crippen molar-refractivity contribution in [2.24, 2.45) is 11.8 Å². The zero-order chi connectivity index (χ0) is 10.8. The Labute approximate surface area is 94.4 Å². The summed E-state index contributed by atoms with van der Waals surface area (Å²) in [6.07, 6.45) is 5.67. The second-order valence-corrected chi connectivity index (χ2v) is 5.84. The average Bonchev–Trinajstić information content (AvgIpc) is 2.90. The molecule has 0 spiro atoms. The molecule has 2 heteroatoms. The van der Waals surface area contributed by atoms with Gasteiger partial charge >= 0.3 is 0 Å². The van der Waals surface area contributed by atoms with Gasteiger partial charge in [-0.25, -0.2) is 0 Å². The summed E-state index contributed by atoms with van der Waals surface area (Å²) in [6.45, 7) is 7.11. The lowest BCUT2D eigenvalue weighted by molar-refractivity contribution is 0.164. The number of hydrogen-bond acceptors (Lipinski definition) is 2. The van der Waals surface area contributed by atoms with E-state index in [1.54, 1.807) is 0 Å². The quantitative estimate of drug-likeness (QED) is 0.722. The summed E-state index contributed by atoms with van der Waals surface area (Å²) < 4.78 is 0. The largest absolute Gasteiger partial charge is 0.313 e. The highest BCUT2D eigenvalue weighted by Crippen LogP contribution is 2.33. The minimum atomic E-state index is 0.824. The number of nitrogens with zero attached hydrogens (tertiary/aromatic N) is 1. The fraction of sp³-hybridized carbons (Fsp3) is 1.00. The van der Waals surface area contributed by atoms with Crippen LogP contribution in [0.25, 0.3) is 0 Å². The highest BCUT2D eigenvalue weighted by molar-refractivity contribution is 4.87. The van der Waals surface area contributed by atoms with Crippen LogP contribution in [0.2, 0.25) is 0 Å². The van der Waals surface area contributed by atoms with Gasteiger partial charge in [-0.15, -0.1) is 0 Å². The Hall–Kier alpha value is -0.0800. The Kier molecular flexibility index (Phi) is 3.68. The zero-order valence-corrected chi connectivity index (χ0v) is 10.5. The maximum absolute atomic E-state index is 3.68. The van der Waals surface area contributed by atoms with Crippen molar-refractivity contribution >= 4 is 0 Å². The summed E-state index contributed by atoms with van der Waals surface area (Å²) in [6, 6.07) is 1.74. The van der Waals surface area contributed by atoms with Crippen molar-refractivity contribution in [1.29, 1.82) is 0 Å². The van der Waals surface area contributed by atoms with Crippen LogP contribution in [0, 0.1) is 11.8 Å². The van der Waals surface area contributed by atoms with E-state index in [9.17, 15) is 0 Å². The standard InChI is InChI=1S/C13H26N2/c1-10(2)11-8-12(9-11)14-6-7-15(3)13-4-5-13/h10-14H,4-9H2,1-3H3. The van der Waals surface area contributed by atoms with Crippen molar-refractivity contribution in [3.8, 4) is 0 Å². The fourth-order valence-electron chi connectivity index (χ4n) is 2.52. The molecule has 0 aromatic heterocycles. The van der Waals surface area contributed by atoms with E-state index in [4.69, 9.17) is 0 Å². The van der Waals surface area contributed by atoms with Crippen LogP contribution >= 0.6 is 0 Å². The van der Waals surface area contributed by atoms with E-state index in [1.165, 1.54) is 38.8 Å². The average molecular weight is 210 g/mol. The molecule has 0 saturated heterocycles. The minimum absolute atomic E-state index is 0.824. The molecule has 0 aromatic rings. The number of likely N-dealkylation sites (N-methyl/N-ethyl adjacent to an activating group) is 1. The third-order valence-electron chi connectivity index (χ3n) is 4.19. The topological polar surface area (TPSA) is 15.3 Å². The first kappa shape index (κ1) is 11.4. The van der Waals surface area contributed by atoms with Crippen LogP contribution in [0.15, 0.2) is 0 Å². The summed E-state index contributed by atoms with van der Waals surface area (Å²) in [5.41, 5.74) is 0. The summed E-state index contributed by atoms with van der Waals surface area (Å²) >= 11 is 0. The van der Waals surface area contributed by atoms with Crippen LogP contribution in [0.5, 0.6) is 0 Å². The second kappa shape index (κ2) is 4.84. The van der Waals surface area contributed by atoms with Gasteiger partial charge in [0.05, 0.1) is 0 Å². The molecule has 0 amide bonds. The first-order chi connectivity index (χ1) is 7.16. The van der Waals surface area contributed by atoms with Gasteiger partial charge in [0.25, 0.3) is 0 Å². The highest BCUT2D eigenvalue weighted by Gasteiger charge is 2.31. The van der Waals surface area contributed by atoms with Crippen molar-refractivity contribution in [3.05, 3.63) is 0 Å². The molecule has 2 rings (SSSR count). The lowest BCUT2D eigenvalue weighted by Gasteiger charge is -2.39. The maximum Gasteiger partial charge on any atom is 0.0107 e. The monoisotopic (exact) mass is 210 g/mol. The van der Waals surface area contributed by atoms with Gasteiger partial charge in [-0.3, -0.25) is 0 Å². The van der Waals surface area contributed by atoms with Crippen LogP contribution in [-0.4, -0.2) is 37.1 Å². The predicted molar refractivity (Wildman–Crippen MR) is 65.0 cm³/mol. The van der Waals surface area contributed by atoms with Gasteiger partial charge in [-0.2, -0.15) is 0 Å². The smallest absolute Gasteiger partial charge is 0.0107 e. The van der Waals surface area contributed by atoms with Crippen molar-refractivity contribution < 1.29 is 0 Å². The van der Waals surface area contributed by atoms with Crippen molar-refractivity contribution in [1.82, 2.24) is 10.2 Å². The predicted octanol–water partition coefficient (Wildman–Crippen LogP) is 2.10. The summed E-state index contributed by atoms with van der Waals surface area (Å²) in [5.74, 6) is 1.88. The lowest BCUT2D eigenvalue weighted by Crippen LogP contribution is -2.45. The molecule has 0 aliphatic heterocycles. The van der Waals surface area contributed by atoms with Gasteiger partial charge in [0.1, 0.15) is 0 Å². The van der Waals surface area contributed by atoms with Crippen LogP contribution in [0.1, 0.15) is 39.5 Å². The number of hydrogen-bond donors (Lipinski definition) is 1. The van der Waals surface area contributed by atoms with Gasteiger partial charge < -0.3 is 10.2 Å². The molecular weight excluding hydrogens is 184 g/mol. The normalized spacial score (nSPS) is 31.0. The molecule has 88 valence electrons. The van der Waals surface area contributed by atoms with E-state index in [1.807, 2.05) is 0 Å². The lowest BCUT2D eigenvalue weighted by atomic mass is 9.74. The SMILES string of the molecule is CC(C)C1CC(NCCN(C)C2CC2)C1. The van der Waals surface area contributed by atoms with Crippen molar-refractivity contribution in [3.63, 3.8) is 0 Å². The van der Waals surface area contributed by atoms with Crippen LogP contribution in [0.3, 0.4) is 0 Å². The Morgan fingerprint density at radius 1 is 1.27 bits per heavy atom. The Morgan fingerprint density at radius 2 is 1.93 bits per heavy atom. The Balaban J connectivity index is 1.49. The Bertz CT molecular complexity index is 193. The van der Waals surface area contributed by atoms with E-state index in [-0.39, 0.29) is 0 Å². The molecule has 0 bridgehead atoms. The van der Waals surface area contributed by atoms with Gasteiger partial charge in [-0.1, -0.05) is 13.8 Å². The molecule has 0 aromatic carbocycles. The molecule has 0 heterocycles. The van der Waals surface area contributed by atoms with Crippen molar-refractivity contribution in [2.75, 3.05) is 20.1 Å². The molecule has 1 N–H and O–H groups in total. The van der Waals surface area contributed by atoms with Crippen LogP contribution < -0.4 is 5.32 Å². The van der Waals surface area contributed by atoms with Crippen molar-refractivity contribution in [2.45, 2.75) is 51.6 Å². The molecule has 0 atom stereocenters. The molecule has 15 heavy (non-hydrogen) atoms. The Morgan fingerprint density at radius 3 is 2.47 bits per heavy atom. The maximum atomic E-state index is 3.68. The molecule has 0 unspecified atom stereocenters. The highest BCUT2D eigenvalue weighted by atomic mass is 15.2. The molecule has 2 aliphatic carbocycles. The molecule has 2 fully saturated rings. The van der Waals surface area contributed by atoms with Gasteiger partial charge in [-0.05, 0) is 44.6 Å². The zero-order valence-electron chi connectivity index (χ0n) is 10.5. The summed E-state index contributed by atoms with van der Waals surface area (Å²) in [5, 5.41) is 3.68. The van der Waals surface area contributed by atoms with Crippen LogP contribution in [0.4, 0.5) is 0 Å². The third kappa shape index (κ3) is 3.18. The molecule has 2 nitrogen and oxygen atoms in total. The van der Waals surface area contributed by atoms with Gasteiger partial charge in [0.15, 0.2) is 0 Å². The molecule has 0 radical (unpaired) electrons. The minimum Gasteiger partial charge on any atom is -0.313 e. The van der Waals surface area contributed by atoms with Gasteiger partial charge in [0, 0.05) is 25.2 Å². The molecular formula is C13H26N2. The van der Waals surface area contributed by atoms with E-state index >= 15 is 0 Å². The van der Waals surface area contributed by atoms with E-state index in [2.05, 4.69) is 31.1 Å². The van der Waals surface area contributed by atoms with E-state index in [0.717, 1.165) is 23.9 Å². The summed E-state index contributed by atoms with van der Waals surface area (Å²) in [4.78, 5) is 2.51. The van der Waals surface area contributed by atoms with E-state index in [0.29, 0.717) is 0 Å². The first-order valence-corrected chi connectivity index (χ1v) is 6.60. The fourth-order valence-corrected chi connectivity index (χ4v) is 2.52. The first-order valence-electron chi connectivity index (χ1n) is 6.60. The van der Waals surface area contributed by atoms with E-state index < -0.39 is 0 Å². The second-order valence-electron chi connectivity index (χ2n) is 5.84. The number of nitrogens with one attached hydrogen (secondary N) is 1. The van der Waals surface area contributed by atoms with Gasteiger partial charge in [0.2, 0.25) is 0 Å².